The van der Waals surface area contributed by atoms with Crippen LogP contribution < -0.4 is 16.0 Å². The van der Waals surface area contributed by atoms with Gasteiger partial charge < -0.3 is 10.6 Å². The summed E-state index contributed by atoms with van der Waals surface area (Å²) in [6, 6.07) is 24.1. The summed E-state index contributed by atoms with van der Waals surface area (Å²) in [5.41, 5.74) is 2.20. The number of carbonyl (C=O) groups is 2. The van der Waals surface area contributed by atoms with E-state index >= 15 is 0 Å². The molecule has 0 unspecified atom stereocenters. The van der Waals surface area contributed by atoms with Gasteiger partial charge in [-0.25, -0.2) is 0 Å². The molecule has 0 saturated heterocycles. The summed E-state index contributed by atoms with van der Waals surface area (Å²) < 4.78 is 0.933. The standard InChI is InChI=1S/C24H18ClN3O2S2/c25-20-18-8-4-5-9-19(18)32-21(20)23(30)28-24(31)27-17-12-10-16(11-13-17)22(29)26-14-15-6-2-1-3-7-15/h1-13H,14H2,(H,26,29)(H2,27,28,30,31). The van der Waals surface area contributed by atoms with Crippen LogP contribution in [-0.4, -0.2) is 16.9 Å². The van der Waals surface area contributed by atoms with Gasteiger partial charge in [-0.1, -0.05) is 60.1 Å². The highest BCUT2D eigenvalue weighted by atomic mass is 35.5. The first-order valence-electron chi connectivity index (χ1n) is 9.73. The number of rotatable bonds is 5. The molecular weight excluding hydrogens is 462 g/mol. The molecule has 0 aliphatic heterocycles. The molecule has 0 radical (unpaired) electrons. The SMILES string of the molecule is O=C(NCc1ccccc1)c1ccc(NC(=S)NC(=O)c2sc3ccccc3c2Cl)cc1. The van der Waals surface area contributed by atoms with Crippen molar-refractivity contribution < 1.29 is 9.59 Å². The van der Waals surface area contributed by atoms with E-state index in [-0.39, 0.29) is 16.9 Å². The Morgan fingerprint density at radius 1 is 0.875 bits per heavy atom. The molecule has 0 atom stereocenters. The first-order valence-corrected chi connectivity index (χ1v) is 11.3. The number of fused-ring (bicyclic) bond motifs is 1. The van der Waals surface area contributed by atoms with Gasteiger partial charge in [0.25, 0.3) is 11.8 Å². The van der Waals surface area contributed by atoms with Crippen LogP contribution in [-0.2, 0) is 6.54 Å². The number of hydrogen-bond acceptors (Lipinski definition) is 4. The number of thiocarbonyl (C=S) groups is 1. The van der Waals surface area contributed by atoms with E-state index in [1.165, 1.54) is 11.3 Å². The maximum absolute atomic E-state index is 12.6. The van der Waals surface area contributed by atoms with Crippen molar-refractivity contribution in [2.24, 2.45) is 0 Å². The predicted molar refractivity (Wildman–Crippen MR) is 135 cm³/mol. The van der Waals surface area contributed by atoms with Gasteiger partial charge in [-0.3, -0.25) is 14.9 Å². The molecule has 5 nitrogen and oxygen atoms in total. The molecule has 0 fully saturated rings. The third-order valence-electron chi connectivity index (χ3n) is 4.67. The number of carbonyl (C=O) groups excluding carboxylic acids is 2. The number of benzene rings is 3. The highest BCUT2D eigenvalue weighted by molar-refractivity contribution is 7.80. The first-order chi connectivity index (χ1) is 15.5. The van der Waals surface area contributed by atoms with Crippen molar-refractivity contribution >= 4 is 67.9 Å². The number of amides is 2. The van der Waals surface area contributed by atoms with Crippen LogP contribution in [0.5, 0.6) is 0 Å². The monoisotopic (exact) mass is 479 g/mol. The van der Waals surface area contributed by atoms with E-state index in [0.29, 0.717) is 27.7 Å². The van der Waals surface area contributed by atoms with Crippen LogP contribution in [0.25, 0.3) is 10.1 Å². The summed E-state index contributed by atoms with van der Waals surface area (Å²) in [7, 11) is 0. The molecule has 0 aliphatic rings. The van der Waals surface area contributed by atoms with Gasteiger partial charge in [0.15, 0.2) is 5.11 Å². The molecule has 3 aromatic carbocycles. The average Bonchev–Trinajstić information content (AvgIpc) is 3.15. The van der Waals surface area contributed by atoms with Crippen molar-refractivity contribution in [2.75, 3.05) is 5.32 Å². The molecule has 2 amide bonds. The van der Waals surface area contributed by atoms with Crippen LogP contribution in [0.1, 0.15) is 25.6 Å². The van der Waals surface area contributed by atoms with E-state index < -0.39 is 0 Å². The molecule has 1 heterocycles. The average molecular weight is 480 g/mol. The lowest BCUT2D eigenvalue weighted by molar-refractivity contribution is 0.0949. The van der Waals surface area contributed by atoms with Crippen molar-refractivity contribution in [3.8, 4) is 0 Å². The van der Waals surface area contributed by atoms with Gasteiger partial charge in [0.1, 0.15) is 4.88 Å². The van der Waals surface area contributed by atoms with Crippen molar-refractivity contribution in [3.05, 3.63) is 99.9 Å². The molecule has 3 N–H and O–H groups in total. The molecule has 32 heavy (non-hydrogen) atoms. The van der Waals surface area contributed by atoms with Crippen LogP contribution in [0.4, 0.5) is 5.69 Å². The quantitative estimate of drug-likeness (QED) is 0.325. The molecule has 1 aromatic heterocycles. The lowest BCUT2D eigenvalue weighted by atomic mass is 10.2. The fourth-order valence-corrected chi connectivity index (χ4v) is 4.69. The lowest BCUT2D eigenvalue weighted by Gasteiger charge is -2.10. The first kappa shape index (κ1) is 22.0. The number of thiophene rings is 1. The third-order valence-corrected chi connectivity index (χ3v) is 6.55. The number of hydrogen-bond donors (Lipinski definition) is 3. The van der Waals surface area contributed by atoms with Gasteiger partial charge in [0.05, 0.1) is 5.02 Å². The summed E-state index contributed by atoms with van der Waals surface area (Å²) in [5, 5.41) is 9.88. The Hall–Kier alpha value is -3.26. The number of nitrogens with one attached hydrogen (secondary N) is 3. The van der Waals surface area contributed by atoms with Crippen molar-refractivity contribution in [1.29, 1.82) is 0 Å². The molecule has 4 aromatic rings. The Bertz CT molecular complexity index is 1290. The van der Waals surface area contributed by atoms with Gasteiger partial charge in [-0.15, -0.1) is 11.3 Å². The van der Waals surface area contributed by atoms with Gasteiger partial charge in [-0.05, 0) is 48.1 Å². The highest BCUT2D eigenvalue weighted by Gasteiger charge is 2.18. The summed E-state index contributed by atoms with van der Waals surface area (Å²) >= 11 is 12.9. The molecular formula is C24H18ClN3O2S2. The fraction of sp³-hybridized carbons (Fsp3) is 0.0417. The van der Waals surface area contributed by atoms with E-state index in [9.17, 15) is 9.59 Å². The Kier molecular flexibility index (Phi) is 6.80. The minimum Gasteiger partial charge on any atom is -0.348 e. The van der Waals surface area contributed by atoms with E-state index in [1.807, 2.05) is 54.6 Å². The van der Waals surface area contributed by atoms with E-state index in [4.69, 9.17) is 23.8 Å². The van der Waals surface area contributed by atoms with Gasteiger partial charge in [0.2, 0.25) is 0 Å². The molecule has 0 bridgehead atoms. The number of halogens is 1. The fourth-order valence-electron chi connectivity index (χ4n) is 3.07. The normalized spacial score (nSPS) is 10.5. The zero-order chi connectivity index (χ0) is 22.5. The van der Waals surface area contributed by atoms with Crippen molar-refractivity contribution in [1.82, 2.24) is 10.6 Å². The highest BCUT2D eigenvalue weighted by Crippen LogP contribution is 2.34. The second kappa shape index (κ2) is 9.91. The lowest BCUT2D eigenvalue weighted by Crippen LogP contribution is -2.33. The van der Waals surface area contributed by atoms with Gasteiger partial charge in [0, 0.05) is 27.9 Å². The van der Waals surface area contributed by atoms with E-state index in [0.717, 1.165) is 15.6 Å². The smallest absolute Gasteiger partial charge is 0.269 e. The molecule has 160 valence electrons. The van der Waals surface area contributed by atoms with Crippen LogP contribution in [0.3, 0.4) is 0 Å². The van der Waals surface area contributed by atoms with Crippen LogP contribution >= 0.6 is 35.2 Å². The van der Waals surface area contributed by atoms with E-state index in [2.05, 4.69) is 16.0 Å². The topological polar surface area (TPSA) is 70.2 Å². The second-order valence-corrected chi connectivity index (χ2v) is 8.73. The summed E-state index contributed by atoms with van der Waals surface area (Å²) in [6.07, 6.45) is 0. The van der Waals surface area contributed by atoms with Crippen LogP contribution in [0, 0.1) is 0 Å². The van der Waals surface area contributed by atoms with Gasteiger partial charge in [-0.2, -0.15) is 0 Å². The predicted octanol–water partition coefficient (Wildman–Crippen LogP) is 5.61. The largest absolute Gasteiger partial charge is 0.348 e. The van der Waals surface area contributed by atoms with E-state index in [1.54, 1.807) is 24.3 Å². The molecule has 4 rings (SSSR count). The molecule has 0 aliphatic carbocycles. The van der Waals surface area contributed by atoms with Gasteiger partial charge >= 0.3 is 0 Å². The summed E-state index contributed by atoms with van der Waals surface area (Å²) in [5.74, 6) is -0.540. The minimum absolute atomic E-state index is 0.143. The van der Waals surface area contributed by atoms with Crippen molar-refractivity contribution in [3.63, 3.8) is 0 Å². The summed E-state index contributed by atoms with van der Waals surface area (Å²) in [6.45, 7) is 0.454. The van der Waals surface area contributed by atoms with Crippen LogP contribution in [0.15, 0.2) is 78.9 Å². The maximum atomic E-state index is 12.6. The Labute approximate surface area is 199 Å². The van der Waals surface area contributed by atoms with Crippen LogP contribution in [0.2, 0.25) is 5.02 Å². The minimum atomic E-state index is -0.370. The summed E-state index contributed by atoms with van der Waals surface area (Å²) in [4.78, 5) is 25.3. The Morgan fingerprint density at radius 2 is 1.56 bits per heavy atom. The Morgan fingerprint density at radius 3 is 2.28 bits per heavy atom. The van der Waals surface area contributed by atoms with Crippen molar-refractivity contribution in [2.45, 2.75) is 6.54 Å². The zero-order valence-corrected chi connectivity index (χ0v) is 19.1. The molecule has 0 saturated carbocycles. The molecule has 0 spiro atoms. The number of anilines is 1. The zero-order valence-electron chi connectivity index (χ0n) is 16.7. The maximum Gasteiger partial charge on any atom is 0.269 e. The molecule has 8 heteroatoms. The Balaban J connectivity index is 1.33. The second-order valence-electron chi connectivity index (χ2n) is 6.90. The third kappa shape index (κ3) is 5.13.